The highest BCUT2D eigenvalue weighted by Crippen LogP contribution is 2.52. The predicted molar refractivity (Wildman–Crippen MR) is 62.4 cm³/mol. The quantitative estimate of drug-likeness (QED) is 0.680. The monoisotopic (exact) mass is 212 g/mol. The van der Waals surface area contributed by atoms with Crippen molar-refractivity contribution in [2.45, 2.75) is 39.5 Å². The second-order valence-electron chi connectivity index (χ2n) is 5.35. The van der Waals surface area contributed by atoms with Crippen molar-refractivity contribution in [2.75, 3.05) is 20.1 Å². The van der Waals surface area contributed by atoms with Crippen LogP contribution in [-0.4, -0.2) is 30.9 Å². The zero-order chi connectivity index (χ0) is 11.5. The minimum absolute atomic E-state index is 0.253. The Morgan fingerprint density at radius 1 is 1.40 bits per heavy atom. The van der Waals surface area contributed by atoms with Crippen LogP contribution in [0.4, 0.5) is 0 Å². The highest BCUT2D eigenvalue weighted by Gasteiger charge is 2.51. The molecule has 1 fully saturated rings. The Kier molecular flexibility index (Phi) is 4.14. The summed E-state index contributed by atoms with van der Waals surface area (Å²) in [7, 11) is 1.92. The first kappa shape index (κ1) is 12.5. The molecule has 0 aromatic rings. The fourth-order valence-corrected chi connectivity index (χ4v) is 1.94. The molecule has 88 valence electrons. The van der Waals surface area contributed by atoms with Gasteiger partial charge in [-0.3, -0.25) is 4.79 Å². The van der Waals surface area contributed by atoms with Crippen LogP contribution in [0.1, 0.15) is 39.5 Å². The van der Waals surface area contributed by atoms with Gasteiger partial charge in [0.25, 0.3) is 0 Å². The summed E-state index contributed by atoms with van der Waals surface area (Å²) < 4.78 is 0. The van der Waals surface area contributed by atoms with Crippen molar-refractivity contribution < 1.29 is 4.79 Å². The van der Waals surface area contributed by atoms with Crippen LogP contribution >= 0.6 is 0 Å². The molecular formula is C12H24N2O. The third-order valence-corrected chi connectivity index (χ3v) is 3.39. The second kappa shape index (κ2) is 4.97. The average Bonchev–Trinajstić information content (AvgIpc) is 2.81. The molecule has 2 N–H and O–H groups in total. The van der Waals surface area contributed by atoms with E-state index in [2.05, 4.69) is 13.8 Å². The van der Waals surface area contributed by atoms with Gasteiger partial charge in [0.1, 0.15) is 0 Å². The Hall–Kier alpha value is -0.570. The van der Waals surface area contributed by atoms with Crippen molar-refractivity contribution in [1.29, 1.82) is 0 Å². The van der Waals surface area contributed by atoms with Crippen LogP contribution in [0.5, 0.6) is 0 Å². The van der Waals surface area contributed by atoms with Crippen LogP contribution in [0.15, 0.2) is 0 Å². The largest absolute Gasteiger partial charge is 0.346 e. The van der Waals surface area contributed by atoms with Gasteiger partial charge in [-0.25, -0.2) is 0 Å². The average molecular weight is 212 g/mol. The normalized spacial score (nSPS) is 22.5. The van der Waals surface area contributed by atoms with Gasteiger partial charge in [-0.15, -0.1) is 0 Å². The SMILES string of the molecule is CN(CCCCCN)C(=O)C1CC1(C)C. The van der Waals surface area contributed by atoms with Crippen molar-refractivity contribution in [3.63, 3.8) is 0 Å². The van der Waals surface area contributed by atoms with Crippen molar-refractivity contribution in [2.24, 2.45) is 17.1 Å². The van der Waals surface area contributed by atoms with E-state index in [1.54, 1.807) is 0 Å². The smallest absolute Gasteiger partial charge is 0.225 e. The molecule has 1 rings (SSSR count). The molecular weight excluding hydrogens is 188 g/mol. The summed E-state index contributed by atoms with van der Waals surface area (Å²) in [6.07, 6.45) is 4.32. The molecule has 0 aliphatic heterocycles. The molecule has 0 saturated heterocycles. The van der Waals surface area contributed by atoms with E-state index in [0.717, 1.165) is 38.8 Å². The molecule has 0 spiro atoms. The first-order chi connectivity index (χ1) is 6.99. The van der Waals surface area contributed by atoms with Crippen LogP contribution in [0, 0.1) is 11.3 Å². The molecule has 0 heterocycles. The number of nitrogens with two attached hydrogens (primary N) is 1. The summed E-state index contributed by atoms with van der Waals surface area (Å²) in [5.74, 6) is 0.602. The van der Waals surface area contributed by atoms with E-state index in [1.165, 1.54) is 0 Å². The number of hydrogen-bond donors (Lipinski definition) is 1. The van der Waals surface area contributed by atoms with Crippen LogP contribution in [0.3, 0.4) is 0 Å². The van der Waals surface area contributed by atoms with Gasteiger partial charge in [0.15, 0.2) is 0 Å². The topological polar surface area (TPSA) is 46.3 Å². The Balaban J connectivity index is 2.17. The molecule has 1 aliphatic carbocycles. The number of nitrogens with zero attached hydrogens (tertiary/aromatic N) is 1. The molecule has 1 aliphatic rings. The molecule has 0 aromatic carbocycles. The maximum Gasteiger partial charge on any atom is 0.225 e. The number of rotatable bonds is 6. The minimum Gasteiger partial charge on any atom is -0.346 e. The number of amides is 1. The van der Waals surface area contributed by atoms with Gasteiger partial charge in [-0.05, 0) is 31.2 Å². The standard InChI is InChI=1S/C12H24N2O/c1-12(2)9-10(12)11(15)14(3)8-6-4-5-7-13/h10H,4-9,13H2,1-3H3. The van der Waals surface area contributed by atoms with E-state index in [9.17, 15) is 4.79 Å². The van der Waals surface area contributed by atoms with Gasteiger partial charge in [-0.1, -0.05) is 20.3 Å². The van der Waals surface area contributed by atoms with Gasteiger partial charge in [0, 0.05) is 19.5 Å². The first-order valence-corrected chi connectivity index (χ1v) is 5.94. The highest BCUT2D eigenvalue weighted by atomic mass is 16.2. The van der Waals surface area contributed by atoms with E-state index in [-0.39, 0.29) is 11.3 Å². The minimum atomic E-state index is 0.253. The Morgan fingerprint density at radius 2 is 2.00 bits per heavy atom. The van der Waals surface area contributed by atoms with Gasteiger partial charge in [0.05, 0.1) is 0 Å². The third kappa shape index (κ3) is 3.49. The summed E-state index contributed by atoms with van der Waals surface area (Å²) in [6, 6.07) is 0. The fourth-order valence-electron chi connectivity index (χ4n) is 1.94. The van der Waals surface area contributed by atoms with E-state index >= 15 is 0 Å². The van der Waals surface area contributed by atoms with Crippen molar-refractivity contribution in [3.8, 4) is 0 Å². The van der Waals surface area contributed by atoms with Gasteiger partial charge < -0.3 is 10.6 Å². The maximum absolute atomic E-state index is 11.9. The van der Waals surface area contributed by atoms with Crippen LogP contribution in [0.2, 0.25) is 0 Å². The highest BCUT2D eigenvalue weighted by molar-refractivity contribution is 5.82. The molecule has 1 amide bonds. The predicted octanol–water partition coefficient (Wildman–Crippen LogP) is 1.62. The van der Waals surface area contributed by atoms with E-state index in [0.29, 0.717) is 5.91 Å². The summed E-state index contributed by atoms with van der Waals surface area (Å²) in [6.45, 7) is 5.97. The Bertz CT molecular complexity index is 226. The number of hydrogen-bond acceptors (Lipinski definition) is 2. The summed E-state index contributed by atoms with van der Waals surface area (Å²) in [5, 5.41) is 0. The van der Waals surface area contributed by atoms with Crippen LogP contribution in [0.25, 0.3) is 0 Å². The van der Waals surface area contributed by atoms with Crippen LogP contribution in [-0.2, 0) is 4.79 Å². The van der Waals surface area contributed by atoms with Gasteiger partial charge in [0.2, 0.25) is 5.91 Å². The molecule has 3 heteroatoms. The number of unbranched alkanes of at least 4 members (excludes halogenated alkanes) is 2. The lowest BCUT2D eigenvalue weighted by Crippen LogP contribution is -2.30. The van der Waals surface area contributed by atoms with E-state index < -0.39 is 0 Å². The Morgan fingerprint density at radius 3 is 2.47 bits per heavy atom. The lowest BCUT2D eigenvalue weighted by molar-refractivity contribution is -0.132. The molecule has 15 heavy (non-hydrogen) atoms. The molecule has 1 unspecified atom stereocenters. The maximum atomic E-state index is 11.9. The van der Waals surface area contributed by atoms with Crippen molar-refractivity contribution >= 4 is 5.91 Å². The zero-order valence-corrected chi connectivity index (χ0v) is 10.3. The summed E-state index contributed by atoms with van der Waals surface area (Å²) in [4.78, 5) is 13.8. The second-order valence-corrected chi connectivity index (χ2v) is 5.35. The van der Waals surface area contributed by atoms with E-state index in [4.69, 9.17) is 5.73 Å². The molecule has 3 nitrogen and oxygen atoms in total. The summed E-state index contributed by atoms with van der Waals surface area (Å²) >= 11 is 0. The van der Waals surface area contributed by atoms with Crippen molar-refractivity contribution in [1.82, 2.24) is 4.90 Å². The lowest BCUT2D eigenvalue weighted by atomic mass is 10.1. The fraction of sp³-hybridized carbons (Fsp3) is 0.917. The third-order valence-electron chi connectivity index (χ3n) is 3.39. The number of carbonyl (C=O) groups excluding carboxylic acids is 1. The molecule has 1 atom stereocenters. The molecule has 0 bridgehead atoms. The number of carbonyl (C=O) groups is 1. The van der Waals surface area contributed by atoms with E-state index in [1.807, 2.05) is 11.9 Å². The first-order valence-electron chi connectivity index (χ1n) is 5.94. The zero-order valence-electron chi connectivity index (χ0n) is 10.3. The van der Waals surface area contributed by atoms with Gasteiger partial charge in [-0.2, -0.15) is 0 Å². The lowest BCUT2D eigenvalue weighted by Gasteiger charge is -2.17. The molecule has 1 saturated carbocycles. The van der Waals surface area contributed by atoms with Crippen molar-refractivity contribution in [3.05, 3.63) is 0 Å². The molecule has 0 aromatic heterocycles. The van der Waals surface area contributed by atoms with Gasteiger partial charge >= 0.3 is 0 Å². The van der Waals surface area contributed by atoms with Crippen LogP contribution < -0.4 is 5.73 Å². The Labute approximate surface area is 93.0 Å². The molecule has 0 radical (unpaired) electrons. The summed E-state index contributed by atoms with van der Waals surface area (Å²) in [5.41, 5.74) is 5.67.